The van der Waals surface area contributed by atoms with Crippen LogP contribution in [0.1, 0.15) is 33.7 Å². The molecule has 0 bridgehead atoms. The minimum absolute atomic E-state index is 0.0743. The average molecular weight is 420 g/mol. The van der Waals surface area contributed by atoms with Gasteiger partial charge in [-0.25, -0.2) is 4.79 Å². The van der Waals surface area contributed by atoms with Crippen LogP contribution in [0.3, 0.4) is 0 Å². The van der Waals surface area contributed by atoms with Crippen molar-refractivity contribution >= 4 is 54.8 Å². The molecule has 0 N–H and O–H groups in total. The Balaban J connectivity index is 2.69. The van der Waals surface area contributed by atoms with Gasteiger partial charge < -0.3 is 13.9 Å². The van der Waals surface area contributed by atoms with E-state index in [2.05, 4.69) is 31.9 Å². The summed E-state index contributed by atoms with van der Waals surface area (Å²) in [4.78, 5) is 23.2. The molecule has 0 aliphatic heterocycles. The van der Waals surface area contributed by atoms with Gasteiger partial charge in [0.1, 0.15) is 11.3 Å². The van der Waals surface area contributed by atoms with Crippen LogP contribution >= 0.6 is 31.9 Å². The smallest absolute Gasteiger partial charge is 0.374 e. The lowest BCUT2D eigenvalue weighted by Crippen LogP contribution is -2.06. The molecule has 0 saturated carbocycles. The van der Waals surface area contributed by atoms with Crippen molar-refractivity contribution in [2.75, 3.05) is 6.61 Å². The standard InChI is InChI=1S/C14H12Br2O5/c1-3-19-14(18)12-11(13(15)16)10-8(20-7(2)17)5-4-6-9(10)21-12/h4-6,13H,3H2,1-2H3. The van der Waals surface area contributed by atoms with Gasteiger partial charge in [0.2, 0.25) is 5.76 Å². The molecule has 1 aromatic heterocycles. The molecule has 1 heterocycles. The van der Waals surface area contributed by atoms with E-state index in [4.69, 9.17) is 13.9 Å². The highest BCUT2D eigenvalue weighted by atomic mass is 79.9. The Morgan fingerprint density at radius 3 is 2.62 bits per heavy atom. The van der Waals surface area contributed by atoms with Crippen LogP contribution < -0.4 is 4.74 Å². The number of carbonyl (C=O) groups excluding carboxylic acids is 2. The number of alkyl halides is 2. The van der Waals surface area contributed by atoms with Crippen LogP contribution in [0.25, 0.3) is 11.0 Å². The molecule has 1 aromatic carbocycles. The van der Waals surface area contributed by atoms with E-state index in [1.807, 2.05) is 0 Å². The fourth-order valence-corrected chi connectivity index (χ4v) is 2.81. The topological polar surface area (TPSA) is 65.7 Å². The third kappa shape index (κ3) is 3.29. The van der Waals surface area contributed by atoms with Gasteiger partial charge in [0.15, 0.2) is 0 Å². The second kappa shape index (κ2) is 6.62. The molecule has 0 saturated heterocycles. The molecule has 0 amide bonds. The zero-order chi connectivity index (χ0) is 15.6. The Bertz CT molecular complexity index is 690. The van der Waals surface area contributed by atoms with Crippen molar-refractivity contribution in [3.8, 4) is 5.75 Å². The first-order chi connectivity index (χ1) is 9.95. The van der Waals surface area contributed by atoms with E-state index in [1.165, 1.54) is 6.92 Å². The van der Waals surface area contributed by atoms with Gasteiger partial charge in [-0.3, -0.25) is 4.79 Å². The Hall–Kier alpha value is -1.34. The van der Waals surface area contributed by atoms with Crippen molar-refractivity contribution in [1.29, 1.82) is 0 Å². The minimum Gasteiger partial charge on any atom is -0.460 e. The van der Waals surface area contributed by atoms with Crippen molar-refractivity contribution < 1.29 is 23.5 Å². The number of esters is 2. The lowest BCUT2D eigenvalue weighted by Gasteiger charge is -2.06. The predicted octanol–water partition coefficient (Wildman–Crippen LogP) is 4.32. The Labute approximate surface area is 137 Å². The Kier molecular flexibility index (Phi) is 5.05. The molecule has 112 valence electrons. The largest absolute Gasteiger partial charge is 0.460 e. The van der Waals surface area contributed by atoms with Crippen molar-refractivity contribution in [3.05, 3.63) is 29.5 Å². The van der Waals surface area contributed by atoms with E-state index in [0.717, 1.165) is 0 Å². The molecule has 5 nitrogen and oxygen atoms in total. The third-order valence-electron chi connectivity index (χ3n) is 2.65. The van der Waals surface area contributed by atoms with E-state index in [1.54, 1.807) is 25.1 Å². The van der Waals surface area contributed by atoms with Crippen LogP contribution in [-0.4, -0.2) is 18.5 Å². The number of ether oxygens (including phenoxy) is 2. The zero-order valence-corrected chi connectivity index (χ0v) is 14.5. The maximum atomic E-state index is 12.0. The van der Waals surface area contributed by atoms with Gasteiger partial charge >= 0.3 is 11.9 Å². The lowest BCUT2D eigenvalue weighted by atomic mass is 10.1. The van der Waals surface area contributed by atoms with E-state index in [-0.39, 0.29) is 16.1 Å². The number of rotatable bonds is 4. The molecule has 0 radical (unpaired) electrons. The van der Waals surface area contributed by atoms with Gasteiger partial charge in [-0.15, -0.1) is 0 Å². The Morgan fingerprint density at radius 1 is 1.33 bits per heavy atom. The summed E-state index contributed by atoms with van der Waals surface area (Å²) in [6, 6.07) is 5.01. The van der Waals surface area contributed by atoms with Gasteiger partial charge in [-0.05, 0) is 19.1 Å². The summed E-state index contributed by atoms with van der Waals surface area (Å²) < 4.78 is 15.4. The minimum atomic E-state index is -0.568. The highest BCUT2D eigenvalue weighted by molar-refractivity contribution is 9.24. The normalized spacial score (nSPS) is 10.9. The van der Waals surface area contributed by atoms with E-state index in [9.17, 15) is 9.59 Å². The summed E-state index contributed by atoms with van der Waals surface area (Å²) in [5.74, 6) is -0.613. The molecule has 0 fully saturated rings. The molecule has 0 atom stereocenters. The van der Waals surface area contributed by atoms with Crippen LogP contribution in [0.5, 0.6) is 5.75 Å². The first-order valence-electron chi connectivity index (χ1n) is 6.14. The molecule has 2 rings (SSSR count). The highest BCUT2D eigenvalue weighted by Gasteiger charge is 2.27. The third-order valence-corrected chi connectivity index (χ3v) is 3.56. The van der Waals surface area contributed by atoms with Crippen molar-refractivity contribution in [2.24, 2.45) is 0 Å². The van der Waals surface area contributed by atoms with Crippen LogP contribution in [0.15, 0.2) is 22.6 Å². The molecule has 7 heteroatoms. The maximum Gasteiger partial charge on any atom is 0.374 e. The monoisotopic (exact) mass is 418 g/mol. The quantitative estimate of drug-likeness (QED) is 0.419. The molecule has 21 heavy (non-hydrogen) atoms. The number of fused-ring (bicyclic) bond motifs is 1. The molecule has 0 aliphatic carbocycles. The summed E-state index contributed by atoms with van der Waals surface area (Å²) in [5.41, 5.74) is 0.969. The predicted molar refractivity (Wildman–Crippen MR) is 84.1 cm³/mol. The van der Waals surface area contributed by atoms with E-state index < -0.39 is 11.9 Å². The average Bonchev–Trinajstić information content (AvgIpc) is 2.79. The zero-order valence-electron chi connectivity index (χ0n) is 11.3. The summed E-state index contributed by atoms with van der Waals surface area (Å²) in [5, 5.41) is 0.550. The van der Waals surface area contributed by atoms with Gasteiger partial charge in [-0.1, -0.05) is 37.9 Å². The number of carbonyl (C=O) groups is 2. The first kappa shape index (κ1) is 16.0. The number of hydrogen-bond acceptors (Lipinski definition) is 5. The molecule has 0 unspecified atom stereocenters. The van der Waals surface area contributed by atoms with Gasteiger partial charge in [0.25, 0.3) is 0 Å². The number of benzene rings is 1. The molecule has 2 aromatic rings. The lowest BCUT2D eigenvalue weighted by molar-refractivity contribution is -0.131. The van der Waals surface area contributed by atoms with E-state index in [0.29, 0.717) is 22.3 Å². The first-order valence-corrected chi connectivity index (χ1v) is 7.98. The number of hydrogen-bond donors (Lipinski definition) is 0. The summed E-state index contributed by atoms with van der Waals surface area (Å²) in [7, 11) is 0. The van der Waals surface area contributed by atoms with Crippen LogP contribution in [-0.2, 0) is 9.53 Å². The maximum absolute atomic E-state index is 12.0. The van der Waals surface area contributed by atoms with Gasteiger partial charge in [-0.2, -0.15) is 0 Å². The van der Waals surface area contributed by atoms with E-state index >= 15 is 0 Å². The molecule has 0 aliphatic rings. The van der Waals surface area contributed by atoms with Crippen LogP contribution in [0.2, 0.25) is 0 Å². The molecule has 0 spiro atoms. The fourth-order valence-electron chi connectivity index (χ4n) is 1.94. The fraction of sp³-hybridized carbons (Fsp3) is 0.286. The summed E-state index contributed by atoms with van der Waals surface area (Å²) in [6.45, 7) is 3.26. The Morgan fingerprint density at radius 2 is 2.05 bits per heavy atom. The summed E-state index contributed by atoms with van der Waals surface area (Å²) >= 11 is 6.72. The van der Waals surface area contributed by atoms with Crippen LogP contribution in [0.4, 0.5) is 0 Å². The summed E-state index contributed by atoms with van der Waals surface area (Å²) in [6.07, 6.45) is 0. The highest BCUT2D eigenvalue weighted by Crippen LogP contribution is 2.43. The second-order valence-electron chi connectivity index (χ2n) is 4.09. The van der Waals surface area contributed by atoms with Gasteiger partial charge in [0.05, 0.1) is 15.7 Å². The second-order valence-corrected chi connectivity index (χ2v) is 7.15. The van der Waals surface area contributed by atoms with Gasteiger partial charge in [0, 0.05) is 12.5 Å². The SMILES string of the molecule is CCOC(=O)c1oc2cccc(OC(C)=O)c2c1C(Br)Br. The van der Waals surface area contributed by atoms with Crippen molar-refractivity contribution in [3.63, 3.8) is 0 Å². The van der Waals surface area contributed by atoms with Crippen molar-refractivity contribution in [1.82, 2.24) is 0 Å². The molecular formula is C14H12Br2O5. The van der Waals surface area contributed by atoms with Crippen molar-refractivity contribution in [2.45, 2.75) is 17.6 Å². The van der Waals surface area contributed by atoms with Crippen LogP contribution in [0, 0.1) is 0 Å². The molecular weight excluding hydrogens is 408 g/mol. The number of halogens is 2. The number of furan rings is 1.